The summed E-state index contributed by atoms with van der Waals surface area (Å²) in [4.78, 5) is 117. The van der Waals surface area contributed by atoms with Gasteiger partial charge in [-0.15, -0.1) is 0 Å². The molecule has 1 aromatic carbocycles. The van der Waals surface area contributed by atoms with Gasteiger partial charge in [-0.25, -0.2) is 0 Å². The van der Waals surface area contributed by atoms with E-state index in [1.165, 1.54) is 16.7 Å². The van der Waals surface area contributed by atoms with Gasteiger partial charge in [-0.05, 0) is 43.1 Å². The Hall–Kier alpha value is -5.24. The Morgan fingerprint density at radius 3 is 2.03 bits per heavy atom. The van der Waals surface area contributed by atoms with Crippen LogP contribution in [-0.2, 0) is 48.9 Å². The summed E-state index contributed by atoms with van der Waals surface area (Å²) in [5.41, 5.74) is 17.7. The fourth-order valence-corrected chi connectivity index (χ4v) is 7.10. The van der Waals surface area contributed by atoms with E-state index < -0.39 is 102 Å². The van der Waals surface area contributed by atoms with Crippen LogP contribution in [0.3, 0.4) is 0 Å². The summed E-state index contributed by atoms with van der Waals surface area (Å²) in [7, 11) is 0. The van der Waals surface area contributed by atoms with Gasteiger partial charge in [0.1, 0.15) is 36.8 Å². The average molecular weight is 834 g/mol. The molecule has 58 heavy (non-hydrogen) atoms. The molecule has 0 aromatic heterocycles. The molecule has 0 radical (unpaired) electrons. The van der Waals surface area contributed by atoms with Crippen LogP contribution >= 0.6 is 11.8 Å². The number of likely N-dealkylation sites (tertiary alicyclic amines) is 1. The van der Waals surface area contributed by atoms with Gasteiger partial charge in [-0.2, -0.15) is 11.8 Å². The van der Waals surface area contributed by atoms with Crippen LogP contribution in [0.15, 0.2) is 30.3 Å². The molecular weight excluding hydrogens is 775 g/mol. The molecule has 0 saturated carbocycles. The highest BCUT2D eigenvalue weighted by Crippen LogP contribution is 2.22. The van der Waals surface area contributed by atoms with E-state index in [4.69, 9.17) is 22.3 Å². The van der Waals surface area contributed by atoms with Gasteiger partial charge in [0, 0.05) is 24.5 Å². The Bertz CT molecular complexity index is 1620. The molecule has 0 aliphatic carbocycles. The highest BCUT2D eigenvalue weighted by atomic mass is 32.2. The smallest absolute Gasteiger partial charge is 0.322 e. The summed E-state index contributed by atoms with van der Waals surface area (Å²) < 4.78 is 0. The lowest BCUT2D eigenvalue weighted by Gasteiger charge is -2.31. The molecule has 12 N–H and O–H groups in total. The second kappa shape index (κ2) is 24.5. The van der Waals surface area contributed by atoms with Crippen molar-refractivity contribution < 1.29 is 48.3 Å². The van der Waals surface area contributed by atoms with E-state index in [0.717, 1.165) is 5.56 Å². The average Bonchev–Trinajstić information content (AvgIpc) is 3.67. The zero-order valence-electron chi connectivity index (χ0n) is 33.5. The van der Waals surface area contributed by atoms with Gasteiger partial charge in [-0.3, -0.25) is 43.2 Å². The van der Waals surface area contributed by atoms with E-state index in [0.29, 0.717) is 18.6 Å². The predicted molar refractivity (Wildman–Crippen MR) is 215 cm³/mol. The zero-order chi connectivity index (χ0) is 43.5. The number of nitrogens with zero attached hydrogens (tertiary/aromatic N) is 1. The number of primary amides is 2. The largest absolute Gasteiger partial charge is 0.480 e. The number of nitrogens with one attached hydrogen (secondary N) is 5. The SMILES string of the molecule is CC[C@H](C)[C@H](N)C(=O)N[C@@H](CCC(N)=O)C(=O)N[C@@H](CC(N)=O)C(=O)N[C@@H](CSCc1ccccc1)C(=O)N1CCC[C@H]1C(=O)N[C@@H](CC(C)C)C(=O)NCC(=O)O. The Kier molecular flexibility index (Phi) is 20.7. The van der Waals surface area contributed by atoms with Crippen LogP contribution in [0.1, 0.15) is 78.2 Å². The van der Waals surface area contributed by atoms with E-state index in [2.05, 4.69) is 26.6 Å². The second-order valence-corrected chi connectivity index (χ2v) is 15.8. The maximum atomic E-state index is 14.3. The minimum absolute atomic E-state index is 0.0000907. The first kappa shape index (κ1) is 48.9. The molecule has 0 bridgehead atoms. The Morgan fingerprint density at radius 1 is 0.828 bits per heavy atom. The molecule has 7 atom stereocenters. The molecular formula is C38H59N9O10S. The third-order valence-electron chi connectivity index (χ3n) is 9.51. The maximum absolute atomic E-state index is 14.3. The molecule has 2 rings (SSSR count). The van der Waals surface area contributed by atoms with Gasteiger partial charge in [-0.1, -0.05) is 64.4 Å². The number of aliphatic carboxylic acids is 1. The number of carboxylic acid groups (broad SMARTS) is 1. The quantitative estimate of drug-likeness (QED) is 0.0550. The van der Waals surface area contributed by atoms with Gasteiger partial charge < -0.3 is 53.8 Å². The van der Waals surface area contributed by atoms with E-state index in [-0.39, 0.29) is 49.8 Å². The Balaban J connectivity index is 2.37. The topological polar surface area (TPSA) is 315 Å². The Morgan fingerprint density at radius 2 is 1.45 bits per heavy atom. The summed E-state index contributed by atoms with van der Waals surface area (Å²) in [5, 5.41) is 21.5. The van der Waals surface area contributed by atoms with Gasteiger partial charge in [0.2, 0.25) is 47.3 Å². The molecule has 322 valence electrons. The first-order valence-electron chi connectivity index (χ1n) is 19.3. The number of amides is 8. The lowest BCUT2D eigenvalue weighted by molar-refractivity contribution is -0.142. The molecule has 1 aliphatic heterocycles. The first-order valence-corrected chi connectivity index (χ1v) is 20.4. The number of hydrogen-bond acceptors (Lipinski definition) is 11. The number of hydrogen-bond donors (Lipinski definition) is 9. The highest BCUT2D eigenvalue weighted by molar-refractivity contribution is 7.98. The van der Waals surface area contributed by atoms with Crippen LogP contribution in [-0.4, -0.2) is 118 Å². The van der Waals surface area contributed by atoms with Crippen molar-refractivity contribution in [1.82, 2.24) is 31.5 Å². The van der Waals surface area contributed by atoms with E-state index in [9.17, 15) is 43.2 Å². The maximum Gasteiger partial charge on any atom is 0.322 e. The lowest BCUT2D eigenvalue weighted by Crippen LogP contribution is -2.60. The van der Waals surface area contributed by atoms with Crippen LogP contribution in [0.2, 0.25) is 0 Å². The van der Waals surface area contributed by atoms with Crippen molar-refractivity contribution in [1.29, 1.82) is 0 Å². The van der Waals surface area contributed by atoms with Crippen LogP contribution in [0.4, 0.5) is 0 Å². The molecule has 1 saturated heterocycles. The standard InChI is InChI=1S/C38H59N9O10S/c1-5-22(4)32(41)37(56)43-24(13-14-29(39)48)34(53)44-26(17-30(40)49)35(54)46-27(20-58-19-23-10-7-6-8-11-23)38(57)47-15-9-12-28(47)36(55)45-25(16-21(2)3)33(52)42-18-31(50)51/h6-8,10-11,21-22,24-28,32H,5,9,12-20,41H2,1-4H3,(H2,39,48)(H2,40,49)(H,42,52)(H,43,56)(H,44,53)(H,45,55)(H,46,54)(H,50,51)/t22-,24-,25-,26-,27-,28-,32-/m0/s1. The predicted octanol–water partition coefficient (Wildman–Crippen LogP) is -1.39. The summed E-state index contributed by atoms with van der Waals surface area (Å²) in [6, 6.07) is 1.88. The Labute approximate surface area is 342 Å². The van der Waals surface area contributed by atoms with E-state index in [1.54, 1.807) is 6.92 Å². The molecule has 0 spiro atoms. The van der Waals surface area contributed by atoms with Crippen LogP contribution in [0.25, 0.3) is 0 Å². The number of carboxylic acids is 1. The third kappa shape index (κ3) is 16.7. The van der Waals surface area contributed by atoms with E-state index >= 15 is 0 Å². The summed E-state index contributed by atoms with van der Waals surface area (Å²) in [5.74, 6) is -7.43. The van der Waals surface area contributed by atoms with Crippen molar-refractivity contribution >= 4 is 65.0 Å². The second-order valence-electron chi connectivity index (χ2n) is 14.8. The van der Waals surface area contributed by atoms with E-state index in [1.807, 2.05) is 51.1 Å². The van der Waals surface area contributed by atoms with Crippen molar-refractivity contribution in [3.63, 3.8) is 0 Å². The summed E-state index contributed by atoms with van der Waals surface area (Å²) in [6.07, 6.45) is 0.145. The minimum atomic E-state index is -1.63. The fraction of sp³-hybridized carbons (Fsp3) is 0.605. The van der Waals surface area contributed by atoms with Crippen molar-refractivity contribution in [3.8, 4) is 0 Å². The third-order valence-corrected chi connectivity index (χ3v) is 10.6. The van der Waals surface area contributed by atoms with Gasteiger partial charge in [0.05, 0.1) is 12.5 Å². The number of rotatable bonds is 25. The van der Waals surface area contributed by atoms with Crippen molar-refractivity contribution in [2.75, 3.05) is 18.8 Å². The molecule has 19 nitrogen and oxygen atoms in total. The monoisotopic (exact) mass is 833 g/mol. The molecule has 1 heterocycles. The van der Waals surface area contributed by atoms with Crippen molar-refractivity contribution in [3.05, 3.63) is 35.9 Å². The van der Waals surface area contributed by atoms with Gasteiger partial charge in [0.25, 0.3) is 0 Å². The molecule has 1 aromatic rings. The molecule has 0 unspecified atom stereocenters. The summed E-state index contributed by atoms with van der Waals surface area (Å²) >= 11 is 1.30. The lowest BCUT2D eigenvalue weighted by atomic mass is 9.98. The highest BCUT2D eigenvalue weighted by Gasteiger charge is 2.40. The molecule has 1 fully saturated rings. The van der Waals surface area contributed by atoms with Crippen LogP contribution in [0, 0.1) is 11.8 Å². The number of benzene rings is 1. The number of thioether (sulfide) groups is 1. The van der Waals surface area contributed by atoms with Gasteiger partial charge >= 0.3 is 5.97 Å². The first-order chi connectivity index (χ1) is 27.3. The number of carbonyl (C=O) groups excluding carboxylic acids is 8. The molecule has 20 heteroatoms. The number of nitrogens with two attached hydrogens (primary N) is 3. The molecule has 8 amide bonds. The van der Waals surface area contributed by atoms with Gasteiger partial charge in [0.15, 0.2) is 0 Å². The van der Waals surface area contributed by atoms with Crippen molar-refractivity contribution in [2.45, 2.75) is 115 Å². The van der Waals surface area contributed by atoms with Crippen molar-refractivity contribution in [2.24, 2.45) is 29.0 Å². The minimum Gasteiger partial charge on any atom is -0.480 e. The number of carbonyl (C=O) groups is 9. The van der Waals surface area contributed by atoms with Crippen LogP contribution in [0.5, 0.6) is 0 Å². The summed E-state index contributed by atoms with van der Waals surface area (Å²) in [6.45, 7) is 6.71. The molecule has 1 aliphatic rings. The zero-order valence-corrected chi connectivity index (χ0v) is 34.3. The van der Waals surface area contributed by atoms with Crippen LogP contribution < -0.4 is 43.8 Å². The normalized spacial score (nSPS) is 16.8. The fourth-order valence-electron chi connectivity index (χ4n) is 6.09.